The van der Waals surface area contributed by atoms with E-state index in [9.17, 15) is 14.4 Å². The number of hydrogen-bond donors (Lipinski definition) is 2. The monoisotopic (exact) mass is 462 g/mol. The number of anilines is 1. The SMILES string of the molecule is CNc1nc2[nH]c(-c3cccc(COC(=O)ON4CC(=O)CCC4=O)c3)cc2c2c1ncn2C. The smallest absolute Gasteiger partial charge is 0.428 e. The summed E-state index contributed by atoms with van der Waals surface area (Å²) < 4.78 is 7.10. The second-order valence-electron chi connectivity index (χ2n) is 8.01. The van der Waals surface area contributed by atoms with Gasteiger partial charge in [0.15, 0.2) is 11.6 Å². The van der Waals surface area contributed by atoms with E-state index in [1.54, 1.807) is 13.4 Å². The number of aryl methyl sites for hydroxylation is 1. The number of nitrogens with zero attached hydrogens (tertiary/aromatic N) is 4. The minimum atomic E-state index is -1.04. The lowest BCUT2D eigenvalue weighted by atomic mass is 10.1. The van der Waals surface area contributed by atoms with Gasteiger partial charge < -0.3 is 24.4 Å². The molecule has 1 amide bonds. The molecule has 1 aliphatic rings. The minimum absolute atomic E-state index is 0.0223. The molecule has 11 heteroatoms. The van der Waals surface area contributed by atoms with Gasteiger partial charge in [0.05, 0.1) is 11.8 Å². The third-order valence-corrected chi connectivity index (χ3v) is 5.67. The van der Waals surface area contributed by atoms with E-state index in [0.717, 1.165) is 44.0 Å². The molecule has 34 heavy (non-hydrogen) atoms. The molecule has 3 aromatic heterocycles. The highest BCUT2D eigenvalue weighted by atomic mass is 16.8. The molecule has 0 unspecified atom stereocenters. The number of imidazole rings is 1. The Morgan fingerprint density at radius 3 is 2.91 bits per heavy atom. The molecule has 1 aromatic carbocycles. The zero-order chi connectivity index (χ0) is 23.8. The molecule has 1 aliphatic heterocycles. The Hall–Kier alpha value is -4.41. The quantitative estimate of drug-likeness (QED) is 0.433. The van der Waals surface area contributed by atoms with Gasteiger partial charge in [-0.2, -0.15) is 5.06 Å². The number of carbonyl (C=O) groups is 3. The number of ketones is 1. The molecule has 0 spiro atoms. The summed E-state index contributed by atoms with van der Waals surface area (Å²) in [6, 6.07) is 9.49. The molecule has 1 saturated heterocycles. The first-order chi connectivity index (χ1) is 16.4. The lowest BCUT2D eigenvalue weighted by Gasteiger charge is -2.23. The Morgan fingerprint density at radius 2 is 2.09 bits per heavy atom. The van der Waals surface area contributed by atoms with Crippen LogP contribution in [0.4, 0.5) is 10.6 Å². The fraction of sp³-hybridized carbons (Fsp3) is 0.261. The lowest BCUT2D eigenvalue weighted by molar-refractivity contribution is -0.180. The number of H-pyrrole nitrogens is 1. The summed E-state index contributed by atoms with van der Waals surface area (Å²) in [5.41, 5.74) is 4.93. The highest BCUT2D eigenvalue weighted by Gasteiger charge is 2.27. The zero-order valence-corrected chi connectivity index (χ0v) is 18.6. The number of aromatic nitrogens is 4. The highest BCUT2D eigenvalue weighted by Crippen LogP contribution is 2.31. The van der Waals surface area contributed by atoms with Gasteiger partial charge in [-0.25, -0.2) is 14.8 Å². The number of amides is 1. The van der Waals surface area contributed by atoms with Gasteiger partial charge in [-0.15, -0.1) is 0 Å². The number of piperidine rings is 1. The van der Waals surface area contributed by atoms with E-state index in [4.69, 9.17) is 9.57 Å². The van der Waals surface area contributed by atoms with Crippen LogP contribution in [0.3, 0.4) is 0 Å². The van der Waals surface area contributed by atoms with Crippen molar-refractivity contribution in [3.05, 3.63) is 42.2 Å². The van der Waals surface area contributed by atoms with E-state index in [-0.39, 0.29) is 31.8 Å². The Balaban J connectivity index is 1.34. The van der Waals surface area contributed by atoms with Crippen LogP contribution in [0.15, 0.2) is 36.7 Å². The molecule has 2 N–H and O–H groups in total. The van der Waals surface area contributed by atoms with Gasteiger partial charge in [0, 0.05) is 38.0 Å². The molecule has 0 radical (unpaired) electrons. The van der Waals surface area contributed by atoms with Crippen molar-refractivity contribution in [1.82, 2.24) is 24.6 Å². The van der Waals surface area contributed by atoms with Crippen LogP contribution in [-0.2, 0) is 32.8 Å². The maximum atomic E-state index is 12.0. The topological polar surface area (TPSA) is 131 Å². The predicted octanol–water partition coefficient (Wildman–Crippen LogP) is 2.92. The van der Waals surface area contributed by atoms with E-state index in [2.05, 4.69) is 20.3 Å². The Kier molecular flexibility index (Phi) is 5.36. The number of fused-ring (bicyclic) bond motifs is 3. The number of rotatable bonds is 5. The maximum Gasteiger partial charge on any atom is 0.533 e. The number of ether oxygens (including phenoxy) is 1. The summed E-state index contributed by atoms with van der Waals surface area (Å²) in [5, 5.41) is 4.78. The molecule has 5 rings (SSSR count). The van der Waals surface area contributed by atoms with Gasteiger partial charge in [-0.05, 0) is 23.3 Å². The number of Topliss-reactive ketones (excluding diaryl/α,β-unsaturated/α-hetero) is 1. The largest absolute Gasteiger partial charge is 0.533 e. The zero-order valence-electron chi connectivity index (χ0n) is 18.6. The van der Waals surface area contributed by atoms with E-state index >= 15 is 0 Å². The number of carbonyl (C=O) groups excluding carboxylic acids is 3. The van der Waals surface area contributed by atoms with Crippen molar-refractivity contribution >= 4 is 45.7 Å². The van der Waals surface area contributed by atoms with Crippen molar-refractivity contribution in [2.24, 2.45) is 7.05 Å². The fourth-order valence-corrected chi connectivity index (χ4v) is 4.00. The molecule has 0 bridgehead atoms. The van der Waals surface area contributed by atoms with Crippen LogP contribution in [0.1, 0.15) is 18.4 Å². The van der Waals surface area contributed by atoms with E-state index < -0.39 is 12.1 Å². The van der Waals surface area contributed by atoms with Crippen molar-refractivity contribution in [3.63, 3.8) is 0 Å². The summed E-state index contributed by atoms with van der Waals surface area (Å²) >= 11 is 0. The maximum absolute atomic E-state index is 12.0. The summed E-state index contributed by atoms with van der Waals surface area (Å²) in [5.74, 6) is 0.0964. The van der Waals surface area contributed by atoms with E-state index in [1.807, 2.05) is 41.9 Å². The van der Waals surface area contributed by atoms with Crippen LogP contribution in [0.25, 0.3) is 33.3 Å². The summed E-state index contributed by atoms with van der Waals surface area (Å²) in [6.45, 7) is -0.311. The Labute approximate surface area is 193 Å². The number of aromatic amines is 1. The van der Waals surface area contributed by atoms with Gasteiger partial charge in [0.1, 0.15) is 24.3 Å². The molecule has 1 fully saturated rings. The summed E-state index contributed by atoms with van der Waals surface area (Å²) in [6.07, 6.45) is 0.895. The second kappa shape index (κ2) is 8.50. The number of nitrogens with one attached hydrogen (secondary N) is 2. The number of hydrogen-bond acceptors (Lipinski definition) is 8. The first-order valence-corrected chi connectivity index (χ1v) is 10.7. The number of hydroxylamine groups is 2. The normalized spacial score (nSPS) is 14.1. The number of benzene rings is 1. The second-order valence-corrected chi connectivity index (χ2v) is 8.01. The van der Waals surface area contributed by atoms with Crippen molar-refractivity contribution in [2.45, 2.75) is 19.4 Å². The van der Waals surface area contributed by atoms with Crippen molar-refractivity contribution in [2.75, 3.05) is 18.9 Å². The number of pyridine rings is 1. The average Bonchev–Trinajstić information content (AvgIpc) is 3.43. The lowest BCUT2D eigenvalue weighted by Crippen LogP contribution is -2.41. The third kappa shape index (κ3) is 3.91. The summed E-state index contributed by atoms with van der Waals surface area (Å²) in [7, 11) is 3.74. The van der Waals surface area contributed by atoms with E-state index in [0.29, 0.717) is 5.82 Å². The van der Waals surface area contributed by atoms with Gasteiger partial charge in [-0.3, -0.25) is 9.59 Å². The molecule has 0 aliphatic carbocycles. The van der Waals surface area contributed by atoms with Crippen molar-refractivity contribution in [3.8, 4) is 11.3 Å². The molecule has 4 heterocycles. The van der Waals surface area contributed by atoms with Crippen LogP contribution in [-0.4, -0.2) is 56.0 Å². The van der Waals surface area contributed by atoms with Crippen LogP contribution >= 0.6 is 0 Å². The Bertz CT molecular complexity index is 1440. The molecule has 11 nitrogen and oxygen atoms in total. The van der Waals surface area contributed by atoms with Crippen LogP contribution in [0.5, 0.6) is 0 Å². The van der Waals surface area contributed by atoms with Gasteiger partial charge in [0.2, 0.25) is 0 Å². The molecule has 0 atom stereocenters. The average molecular weight is 462 g/mol. The molecule has 0 saturated carbocycles. The molecular formula is C23H22N6O5. The Morgan fingerprint density at radius 1 is 1.24 bits per heavy atom. The van der Waals surface area contributed by atoms with Gasteiger partial charge in [0.25, 0.3) is 5.91 Å². The molecule has 4 aromatic rings. The standard InChI is InChI=1S/C23H22N6O5/c1-24-22-19-20(28(2)12-25-19)16-9-17(26-21(16)27-22)14-5-3-4-13(8-14)11-33-23(32)34-29-10-15(30)6-7-18(29)31/h3-5,8-9,12H,6-7,10-11H2,1-2H3,(H2,24,26,27). The van der Waals surface area contributed by atoms with Crippen LogP contribution in [0.2, 0.25) is 0 Å². The van der Waals surface area contributed by atoms with E-state index in [1.165, 1.54) is 0 Å². The van der Waals surface area contributed by atoms with Gasteiger partial charge in [-0.1, -0.05) is 18.2 Å². The molecule has 174 valence electrons. The minimum Gasteiger partial charge on any atom is -0.428 e. The summed E-state index contributed by atoms with van der Waals surface area (Å²) in [4.78, 5) is 52.6. The third-order valence-electron chi connectivity index (χ3n) is 5.67. The first-order valence-electron chi connectivity index (χ1n) is 10.7. The molecular weight excluding hydrogens is 440 g/mol. The van der Waals surface area contributed by atoms with Crippen LogP contribution < -0.4 is 5.32 Å². The van der Waals surface area contributed by atoms with Gasteiger partial charge >= 0.3 is 6.16 Å². The predicted molar refractivity (Wildman–Crippen MR) is 123 cm³/mol. The first kappa shape index (κ1) is 21.4. The van der Waals surface area contributed by atoms with Crippen LogP contribution in [0, 0.1) is 0 Å². The fourth-order valence-electron chi connectivity index (χ4n) is 4.00. The van der Waals surface area contributed by atoms with Crippen molar-refractivity contribution < 1.29 is 24.0 Å². The highest BCUT2D eigenvalue weighted by molar-refractivity contribution is 6.07. The van der Waals surface area contributed by atoms with Crippen molar-refractivity contribution in [1.29, 1.82) is 0 Å².